The minimum atomic E-state index is -0.531. The maximum atomic E-state index is 12.9. The Hall–Kier alpha value is -2.60. The predicted octanol–water partition coefficient (Wildman–Crippen LogP) is 3.29. The number of hydrogen-bond donors (Lipinski definition) is 0. The molecule has 0 aliphatic carbocycles. The van der Waals surface area contributed by atoms with Gasteiger partial charge in [-0.1, -0.05) is 23.8 Å². The van der Waals surface area contributed by atoms with Crippen LogP contribution in [0.25, 0.3) is 0 Å². The minimum absolute atomic E-state index is 0.0875. The summed E-state index contributed by atoms with van der Waals surface area (Å²) in [5.41, 5.74) is 3.60. The molecule has 6 nitrogen and oxygen atoms in total. The van der Waals surface area contributed by atoms with E-state index in [9.17, 15) is 9.59 Å². The number of carbonyl (C=O) groups excluding carboxylic acids is 2. The third-order valence-electron chi connectivity index (χ3n) is 4.71. The van der Waals surface area contributed by atoms with Gasteiger partial charge in [0, 0.05) is 6.07 Å². The molecule has 2 atom stereocenters. The second-order valence-electron chi connectivity index (χ2n) is 6.68. The van der Waals surface area contributed by atoms with Crippen LogP contribution >= 0.6 is 0 Å². The third-order valence-corrected chi connectivity index (χ3v) is 4.71. The number of rotatable bonds is 3. The molecule has 0 radical (unpaired) electrons. The van der Waals surface area contributed by atoms with Gasteiger partial charge in [0.05, 0.1) is 31.9 Å². The Bertz CT molecular complexity index is 825. The molecule has 0 saturated carbocycles. The van der Waals surface area contributed by atoms with Gasteiger partial charge in [0.25, 0.3) is 5.91 Å². The zero-order chi connectivity index (χ0) is 18.8. The van der Waals surface area contributed by atoms with Crippen molar-refractivity contribution in [1.82, 2.24) is 4.90 Å². The van der Waals surface area contributed by atoms with Gasteiger partial charge in [0.2, 0.25) is 0 Å². The van der Waals surface area contributed by atoms with Crippen LogP contribution in [0.5, 0.6) is 0 Å². The largest absolute Gasteiger partial charge is 0.465 e. The molecule has 1 amide bonds. The van der Waals surface area contributed by atoms with Crippen molar-refractivity contribution in [2.45, 2.75) is 32.9 Å². The van der Waals surface area contributed by atoms with Gasteiger partial charge < -0.3 is 18.8 Å². The van der Waals surface area contributed by atoms with Gasteiger partial charge in [-0.3, -0.25) is 4.79 Å². The molecule has 1 aliphatic heterocycles. The van der Waals surface area contributed by atoms with E-state index in [-0.39, 0.29) is 29.4 Å². The summed E-state index contributed by atoms with van der Waals surface area (Å²) in [6, 6.07) is 7.55. The highest BCUT2D eigenvalue weighted by Crippen LogP contribution is 2.29. The van der Waals surface area contributed by atoms with E-state index in [0.29, 0.717) is 13.2 Å². The van der Waals surface area contributed by atoms with Crippen LogP contribution in [0.2, 0.25) is 0 Å². The van der Waals surface area contributed by atoms with Crippen LogP contribution in [0.15, 0.2) is 34.9 Å². The standard InChI is InChI=1S/C20H23NO5/c1-12-5-6-13(2)16(7-12)18-9-21(14(3)10-25-18)19(22)17-8-15(11-26-17)20(23)24-4/h5-8,11,14,18H,9-10H2,1-4H3/t14-,18+/m0/s1. The van der Waals surface area contributed by atoms with Crippen molar-refractivity contribution in [3.8, 4) is 0 Å². The van der Waals surface area contributed by atoms with Crippen LogP contribution in [0.3, 0.4) is 0 Å². The first-order chi connectivity index (χ1) is 12.4. The van der Waals surface area contributed by atoms with Crippen LogP contribution in [-0.2, 0) is 9.47 Å². The van der Waals surface area contributed by atoms with Crippen molar-refractivity contribution < 1.29 is 23.5 Å². The summed E-state index contributed by atoms with van der Waals surface area (Å²) in [4.78, 5) is 26.2. The number of ether oxygens (including phenoxy) is 2. The number of esters is 1. The molecule has 0 unspecified atom stereocenters. The van der Waals surface area contributed by atoms with E-state index >= 15 is 0 Å². The Morgan fingerprint density at radius 3 is 2.73 bits per heavy atom. The molecule has 0 bridgehead atoms. The lowest BCUT2D eigenvalue weighted by atomic mass is 9.98. The lowest BCUT2D eigenvalue weighted by molar-refractivity contribution is -0.0497. The summed E-state index contributed by atoms with van der Waals surface area (Å²) in [6.45, 7) is 6.88. The highest BCUT2D eigenvalue weighted by molar-refractivity contribution is 5.96. The van der Waals surface area contributed by atoms with E-state index in [4.69, 9.17) is 9.15 Å². The van der Waals surface area contributed by atoms with E-state index in [2.05, 4.69) is 22.9 Å². The molecule has 138 valence electrons. The fraction of sp³-hybridized carbons (Fsp3) is 0.400. The molecule has 2 aromatic rings. The number of morpholine rings is 1. The van der Waals surface area contributed by atoms with E-state index in [0.717, 1.165) is 16.7 Å². The number of benzene rings is 1. The second kappa shape index (κ2) is 7.33. The van der Waals surface area contributed by atoms with Crippen LogP contribution in [0.4, 0.5) is 0 Å². The lowest BCUT2D eigenvalue weighted by Crippen LogP contribution is -2.48. The number of methoxy groups -OCH3 is 1. The zero-order valence-electron chi connectivity index (χ0n) is 15.4. The Morgan fingerprint density at radius 2 is 2.00 bits per heavy atom. The molecule has 1 aliphatic rings. The van der Waals surface area contributed by atoms with Crippen molar-refractivity contribution >= 4 is 11.9 Å². The first-order valence-corrected chi connectivity index (χ1v) is 8.57. The first kappa shape index (κ1) is 18.2. The lowest BCUT2D eigenvalue weighted by Gasteiger charge is -2.38. The predicted molar refractivity (Wildman–Crippen MR) is 95.2 cm³/mol. The van der Waals surface area contributed by atoms with Crippen molar-refractivity contribution in [1.29, 1.82) is 0 Å². The van der Waals surface area contributed by atoms with Crippen molar-refractivity contribution in [2.24, 2.45) is 0 Å². The Morgan fingerprint density at radius 1 is 1.23 bits per heavy atom. The van der Waals surface area contributed by atoms with Crippen LogP contribution in [0.1, 0.15) is 50.6 Å². The molecule has 1 aromatic heterocycles. The van der Waals surface area contributed by atoms with E-state index in [1.54, 1.807) is 4.90 Å². The van der Waals surface area contributed by atoms with Crippen molar-refractivity contribution in [3.63, 3.8) is 0 Å². The highest BCUT2D eigenvalue weighted by Gasteiger charge is 2.33. The molecule has 3 rings (SSSR count). The molecule has 0 spiro atoms. The molecule has 6 heteroatoms. The summed E-state index contributed by atoms with van der Waals surface area (Å²) in [7, 11) is 1.29. The number of carbonyl (C=O) groups is 2. The van der Waals surface area contributed by atoms with Gasteiger partial charge in [0.15, 0.2) is 5.76 Å². The summed E-state index contributed by atoms with van der Waals surface area (Å²) in [6.07, 6.45) is 1.05. The van der Waals surface area contributed by atoms with Gasteiger partial charge in [-0.2, -0.15) is 0 Å². The number of hydrogen-bond acceptors (Lipinski definition) is 5. The molecule has 1 saturated heterocycles. The smallest absolute Gasteiger partial charge is 0.341 e. The second-order valence-corrected chi connectivity index (χ2v) is 6.68. The quantitative estimate of drug-likeness (QED) is 0.789. The summed E-state index contributed by atoms with van der Waals surface area (Å²) in [5, 5.41) is 0. The van der Waals surface area contributed by atoms with Gasteiger partial charge >= 0.3 is 5.97 Å². The maximum Gasteiger partial charge on any atom is 0.341 e. The summed E-state index contributed by atoms with van der Waals surface area (Å²) >= 11 is 0. The fourth-order valence-corrected chi connectivity index (χ4v) is 3.15. The topological polar surface area (TPSA) is 69.0 Å². The average molecular weight is 357 g/mol. The van der Waals surface area contributed by atoms with Crippen molar-refractivity contribution in [2.75, 3.05) is 20.3 Å². The SMILES string of the molecule is COC(=O)c1coc(C(=O)N2C[C@H](c3cc(C)ccc3C)OC[C@@H]2C)c1. The fourth-order valence-electron chi connectivity index (χ4n) is 3.15. The summed E-state index contributed by atoms with van der Waals surface area (Å²) in [5.74, 6) is -0.666. The number of amides is 1. The Balaban J connectivity index is 1.82. The zero-order valence-corrected chi connectivity index (χ0v) is 15.4. The molecule has 0 N–H and O–H groups in total. The number of aryl methyl sites for hydroxylation is 2. The van der Waals surface area contributed by atoms with E-state index < -0.39 is 5.97 Å². The van der Waals surface area contributed by atoms with Crippen LogP contribution in [-0.4, -0.2) is 43.1 Å². The number of furan rings is 1. The third kappa shape index (κ3) is 3.51. The molecule has 2 heterocycles. The van der Waals surface area contributed by atoms with Gasteiger partial charge in [-0.25, -0.2) is 4.79 Å². The van der Waals surface area contributed by atoms with E-state index in [1.807, 2.05) is 20.8 Å². The van der Waals surface area contributed by atoms with E-state index in [1.165, 1.54) is 19.4 Å². The van der Waals surface area contributed by atoms with Crippen molar-refractivity contribution in [3.05, 3.63) is 58.5 Å². The highest BCUT2D eigenvalue weighted by atomic mass is 16.5. The van der Waals surface area contributed by atoms with Gasteiger partial charge in [0.1, 0.15) is 12.4 Å². The monoisotopic (exact) mass is 357 g/mol. The van der Waals surface area contributed by atoms with Gasteiger partial charge in [-0.15, -0.1) is 0 Å². The molecule has 1 fully saturated rings. The maximum absolute atomic E-state index is 12.9. The molecule has 26 heavy (non-hydrogen) atoms. The minimum Gasteiger partial charge on any atom is -0.465 e. The first-order valence-electron chi connectivity index (χ1n) is 8.57. The van der Waals surface area contributed by atoms with Gasteiger partial charge in [-0.05, 0) is 31.9 Å². The summed E-state index contributed by atoms with van der Waals surface area (Å²) < 4.78 is 15.9. The molecular weight excluding hydrogens is 334 g/mol. The molecular formula is C20H23NO5. The van der Waals surface area contributed by atoms with Crippen LogP contribution < -0.4 is 0 Å². The normalized spacial score (nSPS) is 20.1. The average Bonchev–Trinajstić information content (AvgIpc) is 3.13. The Kier molecular flexibility index (Phi) is 5.13. The van der Waals surface area contributed by atoms with Crippen LogP contribution in [0, 0.1) is 13.8 Å². The molecule has 1 aromatic carbocycles. The number of nitrogens with zero attached hydrogens (tertiary/aromatic N) is 1. The Labute approximate surface area is 152 Å².